The minimum atomic E-state index is -4.50. The van der Waals surface area contributed by atoms with Crippen molar-refractivity contribution in [2.24, 2.45) is 0 Å². The van der Waals surface area contributed by atoms with Crippen LogP contribution in [0.25, 0.3) is 0 Å². The zero-order valence-electron chi connectivity index (χ0n) is 15.6. The van der Waals surface area contributed by atoms with E-state index in [1.54, 1.807) is 0 Å². The number of hydrogen-bond donors (Lipinski definition) is 2. The van der Waals surface area contributed by atoms with Gasteiger partial charge in [0.25, 0.3) is 10.0 Å². The second-order valence-electron chi connectivity index (χ2n) is 5.67. The Bertz CT molecular complexity index is 935. The number of pyridine rings is 1. The summed E-state index contributed by atoms with van der Waals surface area (Å²) < 4.78 is 77.6. The molecule has 9 nitrogen and oxygen atoms in total. The average molecular weight is 449 g/mol. The Morgan fingerprint density at radius 1 is 1.13 bits per heavy atom. The van der Waals surface area contributed by atoms with Crippen LogP contribution < -0.4 is 19.5 Å². The number of methoxy groups -OCH3 is 1. The number of halogens is 3. The highest BCUT2D eigenvalue weighted by Crippen LogP contribution is 2.22. The average Bonchev–Trinajstić information content (AvgIpc) is 2.68. The van der Waals surface area contributed by atoms with Gasteiger partial charge in [0.05, 0.1) is 23.4 Å². The van der Waals surface area contributed by atoms with Gasteiger partial charge in [-0.25, -0.2) is 18.2 Å². The number of anilines is 1. The van der Waals surface area contributed by atoms with Crippen LogP contribution in [-0.2, 0) is 14.8 Å². The number of alkyl halides is 3. The smallest absolute Gasteiger partial charge is 0.422 e. The molecule has 30 heavy (non-hydrogen) atoms. The number of nitrogens with one attached hydrogen (secondary N) is 2. The summed E-state index contributed by atoms with van der Waals surface area (Å²) in [7, 11) is -2.55. The Morgan fingerprint density at radius 3 is 2.40 bits per heavy atom. The minimum absolute atomic E-state index is 0.0565. The van der Waals surface area contributed by atoms with E-state index in [1.165, 1.54) is 19.2 Å². The summed E-state index contributed by atoms with van der Waals surface area (Å²) in [6.45, 7) is -0.937. The molecule has 0 saturated heterocycles. The largest absolute Gasteiger partial charge is 0.484 e. The number of sulfonamides is 1. The quantitative estimate of drug-likeness (QED) is 0.565. The lowest BCUT2D eigenvalue weighted by molar-refractivity contribution is -0.153. The summed E-state index contributed by atoms with van der Waals surface area (Å²) in [5.41, 5.74) is 0.0829. The van der Waals surface area contributed by atoms with Gasteiger partial charge in [-0.05, 0) is 30.3 Å². The van der Waals surface area contributed by atoms with E-state index in [2.05, 4.69) is 19.8 Å². The standard InChI is InChI=1S/C17H18F3N3O6S/c1-27-9-8-21-16(24)29-15-7-2-12(10-22-15)23-30(25,26)14-5-3-13(4-6-14)28-11-17(18,19)20/h2-7,10,23H,8-9,11H2,1H3,(H,21,24). The zero-order valence-corrected chi connectivity index (χ0v) is 16.4. The van der Waals surface area contributed by atoms with E-state index in [4.69, 9.17) is 9.47 Å². The van der Waals surface area contributed by atoms with Crippen molar-refractivity contribution in [1.82, 2.24) is 10.3 Å². The van der Waals surface area contributed by atoms with Gasteiger partial charge in [-0.3, -0.25) is 4.72 Å². The molecule has 164 valence electrons. The molecular formula is C17H18F3N3O6S. The van der Waals surface area contributed by atoms with Crippen molar-refractivity contribution in [2.75, 3.05) is 31.6 Å². The molecule has 0 aliphatic carbocycles. The second kappa shape index (κ2) is 10.1. The van der Waals surface area contributed by atoms with Crippen LogP contribution in [0.15, 0.2) is 47.5 Å². The molecule has 1 aromatic heterocycles. The maximum atomic E-state index is 12.4. The first kappa shape index (κ1) is 23.2. The molecule has 0 aliphatic rings. The van der Waals surface area contributed by atoms with Gasteiger partial charge >= 0.3 is 12.3 Å². The molecule has 13 heteroatoms. The topological polar surface area (TPSA) is 116 Å². The Labute approximate surface area is 170 Å². The Balaban J connectivity index is 1.95. The highest BCUT2D eigenvalue weighted by Gasteiger charge is 2.28. The van der Waals surface area contributed by atoms with Gasteiger partial charge in [0.1, 0.15) is 5.75 Å². The molecule has 0 atom stereocenters. The third kappa shape index (κ3) is 7.75. The lowest BCUT2D eigenvalue weighted by atomic mass is 10.3. The molecule has 0 unspecified atom stereocenters. The molecular weight excluding hydrogens is 431 g/mol. The first-order valence-corrected chi connectivity index (χ1v) is 9.80. The Morgan fingerprint density at radius 2 is 1.83 bits per heavy atom. The molecule has 0 saturated carbocycles. The number of amides is 1. The summed E-state index contributed by atoms with van der Waals surface area (Å²) in [4.78, 5) is 15.1. The monoisotopic (exact) mass is 449 g/mol. The van der Waals surface area contributed by atoms with Crippen LogP contribution in [0.4, 0.5) is 23.7 Å². The fourth-order valence-electron chi connectivity index (χ4n) is 1.98. The molecule has 1 amide bonds. The SMILES string of the molecule is COCCNC(=O)Oc1ccc(NS(=O)(=O)c2ccc(OCC(F)(F)F)cc2)cn1. The fourth-order valence-corrected chi connectivity index (χ4v) is 3.02. The molecule has 1 heterocycles. The predicted molar refractivity (Wildman–Crippen MR) is 98.9 cm³/mol. The summed E-state index contributed by atoms with van der Waals surface area (Å²) in [6, 6.07) is 7.02. The van der Waals surface area contributed by atoms with Gasteiger partial charge in [-0.15, -0.1) is 0 Å². The number of nitrogens with zero attached hydrogens (tertiary/aromatic N) is 1. The van der Waals surface area contributed by atoms with Gasteiger partial charge in [-0.2, -0.15) is 13.2 Å². The zero-order chi connectivity index (χ0) is 22.2. The van der Waals surface area contributed by atoms with Gasteiger partial charge in [0.2, 0.25) is 5.88 Å². The number of rotatable bonds is 9. The summed E-state index contributed by atoms with van der Waals surface area (Å²) in [5, 5.41) is 2.42. The number of carbonyl (C=O) groups excluding carboxylic acids is 1. The highest BCUT2D eigenvalue weighted by molar-refractivity contribution is 7.92. The van der Waals surface area contributed by atoms with E-state index in [9.17, 15) is 26.4 Å². The molecule has 1 aromatic carbocycles. The van der Waals surface area contributed by atoms with Crippen molar-refractivity contribution in [3.8, 4) is 11.6 Å². The van der Waals surface area contributed by atoms with Crippen molar-refractivity contribution >= 4 is 21.8 Å². The fraction of sp³-hybridized carbons (Fsp3) is 0.294. The number of ether oxygens (including phenoxy) is 3. The van der Waals surface area contributed by atoms with E-state index >= 15 is 0 Å². The van der Waals surface area contributed by atoms with Crippen molar-refractivity contribution in [1.29, 1.82) is 0 Å². The first-order valence-electron chi connectivity index (χ1n) is 8.32. The van der Waals surface area contributed by atoms with Crippen molar-refractivity contribution in [3.63, 3.8) is 0 Å². The molecule has 0 radical (unpaired) electrons. The Hall–Kier alpha value is -3.06. The van der Waals surface area contributed by atoms with E-state index in [0.717, 1.165) is 30.5 Å². The maximum absolute atomic E-state index is 12.4. The molecule has 2 N–H and O–H groups in total. The lowest BCUT2D eigenvalue weighted by Crippen LogP contribution is -2.30. The second-order valence-corrected chi connectivity index (χ2v) is 7.36. The van der Waals surface area contributed by atoms with Crippen molar-refractivity contribution in [3.05, 3.63) is 42.6 Å². The van der Waals surface area contributed by atoms with Gasteiger partial charge in [0, 0.05) is 19.7 Å². The Kier molecular flexibility index (Phi) is 7.83. The van der Waals surface area contributed by atoms with E-state index in [-0.39, 0.29) is 28.8 Å². The first-order chi connectivity index (χ1) is 14.1. The predicted octanol–water partition coefficient (Wildman–Crippen LogP) is 2.56. The van der Waals surface area contributed by atoms with E-state index in [1.807, 2.05) is 0 Å². The molecule has 0 bridgehead atoms. The van der Waals surface area contributed by atoms with Crippen LogP contribution in [0.3, 0.4) is 0 Å². The molecule has 0 fully saturated rings. The van der Waals surface area contributed by atoms with Crippen LogP contribution in [0.1, 0.15) is 0 Å². The van der Waals surface area contributed by atoms with Crippen LogP contribution in [0.2, 0.25) is 0 Å². The van der Waals surface area contributed by atoms with E-state index < -0.39 is 28.9 Å². The minimum Gasteiger partial charge on any atom is -0.484 e. The van der Waals surface area contributed by atoms with E-state index in [0.29, 0.717) is 6.61 Å². The number of carbonyl (C=O) groups is 1. The van der Waals surface area contributed by atoms with Crippen molar-refractivity contribution in [2.45, 2.75) is 11.1 Å². The summed E-state index contributed by atoms with van der Waals surface area (Å²) in [5.74, 6) is -0.183. The summed E-state index contributed by atoms with van der Waals surface area (Å²) in [6.07, 6.45) is -4.11. The molecule has 2 aromatic rings. The van der Waals surface area contributed by atoms with Crippen LogP contribution in [-0.4, -0.2) is 52.5 Å². The molecule has 0 aliphatic heterocycles. The normalized spacial score (nSPS) is 11.6. The van der Waals surface area contributed by atoms with Gasteiger partial charge < -0.3 is 19.5 Å². The van der Waals surface area contributed by atoms with Crippen LogP contribution in [0.5, 0.6) is 11.6 Å². The summed E-state index contributed by atoms with van der Waals surface area (Å²) >= 11 is 0. The highest BCUT2D eigenvalue weighted by atomic mass is 32.2. The number of hydrogen-bond acceptors (Lipinski definition) is 7. The molecule has 2 rings (SSSR count). The van der Waals surface area contributed by atoms with Crippen molar-refractivity contribution < 1.29 is 40.6 Å². The third-order valence-corrected chi connectivity index (χ3v) is 4.70. The molecule has 0 spiro atoms. The van der Waals surface area contributed by atoms with Crippen LogP contribution >= 0.6 is 0 Å². The number of benzene rings is 1. The third-order valence-electron chi connectivity index (χ3n) is 3.30. The van der Waals surface area contributed by atoms with Crippen LogP contribution in [0, 0.1) is 0 Å². The van der Waals surface area contributed by atoms with Gasteiger partial charge in [-0.1, -0.05) is 0 Å². The van der Waals surface area contributed by atoms with Gasteiger partial charge in [0.15, 0.2) is 6.61 Å². The number of aromatic nitrogens is 1. The maximum Gasteiger partial charge on any atom is 0.422 e. The lowest BCUT2D eigenvalue weighted by Gasteiger charge is -2.11.